The number of nitriles is 1. The van der Waals surface area contributed by atoms with Gasteiger partial charge in [-0.1, -0.05) is 0 Å². The van der Waals surface area contributed by atoms with Gasteiger partial charge in [0.2, 0.25) is 0 Å². The van der Waals surface area contributed by atoms with Gasteiger partial charge in [0.1, 0.15) is 0 Å². The van der Waals surface area contributed by atoms with E-state index < -0.39 is 14.4 Å². The molecule has 0 radical (unpaired) electrons. The molecule has 0 N–H and O–H groups in total. The lowest BCUT2D eigenvalue weighted by Crippen LogP contribution is -2.33. The van der Waals surface area contributed by atoms with Crippen LogP contribution in [0.4, 0.5) is 0 Å². The summed E-state index contributed by atoms with van der Waals surface area (Å²) in [5, 5.41) is 8.59. The van der Waals surface area contributed by atoms with E-state index in [2.05, 4.69) is 0 Å². The van der Waals surface area contributed by atoms with E-state index in [1.165, 1.54) is 0 Å². The van der Waals surface area contributed by atoms with Gasteiger partial charge in [-0.15, -0.1) is 0 Å². The molecule has 0 aromatic carbocycles. The van der Waals surface area contributed by atoms with Crippen LogP contribution in [0.1, 0.15) is 0 Å². The Morgan fingerprint density at radius 1 is 1.45 bits per heavy atom. The van der Waals surface area contributed by atoms with Crippen molar-refractivity contribution in [1.82, 2.24) is 0 Å². The first kappa shape index (κ1) is 10.6. The molecule has 11 heavy (non-hydrogen) atoms. The van der Waals surface area contributed by atoms with Crippen LogP contribution in [0.2, 0.25) is 19.6 Å². The molecular weight excluding hydrogens is 158 g/mol. The smallest absolute Gasteiger partial charge is 0.185 e. The molecule has 1 atom stereocenters. The molecule has 0 amide bonds. The molecule has 1 unspecified atom stereocenters. The van der Waals surface area contributed by atoms with Crippen LogP contribution in [0.3, 0.4) is 0 Å². The summed E-state index contributed by atoms with van der Waals surface area (Å²) >= 11 is 0. The van der Waals surface area contributed by atoms with Crippen LogP contribution in [0.15, 0.2) is 0 Å². The van der Waals surface area contributed by atoms with Crippen LogP contribution in [0.25, 0.3) is 0 Å². The number of hydrogen-bond acceptors (Lipinski definition) is 3. The molecule has 0 aliphatic carbocycles. The van der Waals surface area contributed by atoms with Gasteiger partial charge in [0.25, 0.3) is 0 Å². The van der Waals surface area contributed by atoms with E-state index in [0.717, 1.165) is 0 Å². The van der Waals surface area contributed by atoms with Crippen LogP contribution in [0.5, 0.6) is 0 Å². The Hall–Kier alpha value is -0.373. The van der Waals surface area contributed by atoms with Crippen LogP contribution in [-0.2, 0) is 9.16 Å². The van der Waals surface area contributed by atoms with Gasteiger partial charge < -0.3 is 9.16 Å². The van der Waals surface area contributed by atoms with Gasteiger partial charge in [0.05, 0.1) is 12.7 Å². The molecule has 0 saturated carbocycles. The maximum absolute atomic E-state index is 8.59. The van der Waals surface area contributed by atoms with Gasteiger partial charge in [-0.3, -0.25) is 0 Å². The Kier molecular flexibility index (Phi) is 4.34. The van der Waals surface area contributed by atoms with Crippen molar-refractivity contribution in [3.8, 4) is 6.07 Å². The Morgan fingerprint density at radius 3 is 2.27 bits per heavy atom. The number of nitrogens with zero attached hydrogens (tertiary/aromatic N) is 1. The molecule has 0 heterocycles. The second-order valence-corrected chi connectivity index (χ2v) is 7.76. The molecule has 4 heteroatoms. The summed E-state index contributed by atoms with van der Waals surface area (Å²) in [6, 6.07) is 2.05. The number of ether oxygens (including phenoxy) is 1. The van der Waals surface area contributed by atoms with E-state index in [4.69, 9.17) is 14.4 Å². The van der Waals surface area contributed by atoms with Crippen LogP contribution in [-0.4, -0.2) is 28.1 Å². The molecule has 0 saturated heterocycles. The lowest BCUT2D eigenvalue weighted by molar-refractivity contribution is 0.108. The Bertz CT molecular complexity index is 148. The maximum atomic E-state index is 8.59. The van der Waals surface area contributed by atoms with E-state index in [1.54, 1.807) is 7.11 Å². The zero-order valence-corrected chi connectivity index (χ0v) is 8.55. The molecule has 0 bridgehead atoms. The van der Waals surface area contributed by atoms with Crippen molar-refractivity contribution in [2.75, 3.05) is 13.7 Å². The number of rotatable bonds is 4. The average Bonchev–Trinajstić information content (AvgIpc) is 1.84. The topological polar surface area (TPSA) is 42.2 Å². The molecule has 0 aliphatic rings. The van der Waals surface area contributed by atoms with Crippen LogP contribution < -0.4 is 0 Å². The predicted octanol–water partition coefficient (Wildman–Crippen LogP) is 1.38. The zero-order valence-electron chi connectivity index (χ0n) is 7.55. The zero-order chi connectivity index (χ0) is 8.91. The van der Waals surface area contributed by atoms with Gasteiger partial charge in [-0.25, -0.2) is 0 Å². The third-order valence-corrected chi connectivity index (χ3v) is 1.95. The van der Waals surface area contributed by atoms with Crippen LogP contribution >= 0.6 is 0 Å². The SMILES string of the molecule is COCC(C#N)O[Si](C)(C)C. The fourth-order valence-electron chi connectivity index (χ4n) is 0.676. The van der Waals surface area contributed by atoms with Crippen molar-refractivity contribution >= 4 is 8.32 Å². The highest BCUT2D eigenvalue weighted by Crippen LogP contribution is 2.06. The predicted molar refractivity (Wildman–Crippen MR) is 45.7 cm³/mol. The van der Waals surface area contributed by atoms with Crippen LogP contribution in [0, 0.1) is 11.3 Å². The van der Waals surface area contributed by atoms with E-state index >= 15 is 0 Å². The first-order chi connectivity index (χ1) is 4.99. The minimum absolute atomic E-state index is 0.362. The molecule has 0 rings (SSSR count). The normalized spacial score (nSPS) is 14.1. The second-order valence-electron chi connectivity index (χ2n) is 3.30. The highest BCUT2D eigenvalue weighted by molar-refractivity contribution is 6.69. The van der Waals surface area contributed by atoms with Crippen molar-refractivity contribution in [2.45, 2.75) is 25.7 Å². The van der Waals surface area contributed by atoms with E-state index in [9.17, 15) is 0 Å². The Labute approximate surface area is 69.1 Å². The van der Waals surface area contributed by atoms with Crippen molar-refractivity contribution in [3.05, 3.63) is 0 Å². The van der Waals surface area contributed by atoms with Gasteiger partial charge in [-0.05, 0) is 19.6 Å². The highest BCUT2D eigenvalue weighted by atomic mass is 28.4. The minimum atomic E-state index is -1.58. The van der Waals surface area contributed by atoms with Gasteiger partial charge >= 0.3 is 0 Å². The summed E-state index contributed by atoms with van der Waals surface area (Å²) in [5.41, 5.74) is 0. The summed E-state index contributed by atoms with van der Waals surface area (Å²) in [4.78, 5) is 0. The third kappa shape index (κ3) is 6.04. The Balaban J connectivity index is 3.81. The van der Waals surface area contributed by atoms with Gasteiger partial charge in [0.15, 0.2) is 14.4 Å². The lowest BCUT2D eigenvalue weighted by atomic mass is 10.4. The molecule has 3 nitrogen and oxygen atoms in total. The van der Waals surface area contributed by atoms with Crippen molar-refractivity contribution in [3.63, 3.8) is 0 Å². The summed E-state index contributed by atoms with van der Waals surface area (Å²) < 4.78 is 10.3. The average molecular weight is 173 g/mol. The molecule has 0 aromatic rings. The molecule has 0 spiro atoms. The molecule has 0 fully saturated rings. The van der Waals surface area contributed by atoms with E-state index in [-0.39, 0.29) is 0 Å². The third-order valence-electron chi connectivity index (χ3n) is 0.958. The quantitative estimate of drug-likeness (QED) is 0.603. The highest BCUT2D eigenvalue weighted by Gasteiger charge is 2.20. The fourth-order valence-corrected chi connectivity index (χ4v) is 1.65. The number of hydrogen-bond donors (Lipinski definition) is 0. The molecule has 0 aliphatic heterocycles. The first-order valence-electron chi connectivity index (χ1n) is 3.56. The summed E-state index contributed by atoms with van der Waals surface area (Å²) in [7, 11) is -0.0136. The standard InChI is InChI=1S/C7H15NO2Si/c1-9-6-7(5-8)10-11(2,3)4/h7H,6H2,1-4H3. The lowest BCUT2D eigenvalue weighted by Gasteiger charge is -2.20. The summed E-state index contributed by atoms with van der Waals surface area (Å²) in [6.07, 6.45) is -0.397. The fraction of sp³-hybridized carbons (Fsp3) is 0.857. The molecule has 0 aromatic heterocycles. The monoisotopic (exact) mass is 173 g/mol. The Morgan fingerprint density at radius 2 is 2.00 bits per heavy atom. The number of methoxy groups -OCH3 is 1. The van der Waals surface area contributed by atoms with Gasteiger partial charge in [-0.2, -0.15) is 5.26 Å². The van der Waals surface area contributed by atoms with Gasteiger partial charge in [0, 0.05) is 7.11 Å². The van der Waals surface area contributed by atoms with Crippen molar-refractivity contribution in [2.24, 2.45) is 0 Å². The van der Waals surface area contributed by atoms with Crippen molar-refractivity contribution in [1.29, 1.82) is 5.26 Å². The maximum Gasteiger partial charge on any atom is 0.185 e. The van der Waals surface area contributed by atoms with Crippen molar-refractivity contribution < 1.29 is 9.16 Å². The largest absolute Gasteiger partial charge is 0.400 e. The molecular formula is C7H15NO2Si. The molecule has 64 valence electrons. The van der Waals surface area contributed by atoms with E-state index in [1.807, 2.05) is 25.7 Å². The summed E-state index contributed by atoms with van der Waals surface area (Å²) in [6.45, 7) is 6.51. The van der Waals surface area contributed by atoms with E-state index in [0.29, 0.717) is 6.61 Å². The first-order valence-corrected chi connectivity index (χ1v) is 6.97. The second kappa shape index (κ2) is 4.49. The minimum Gasteiger partial charge on any atom is -0.400 e. The summed E-state index contributed by atoms with van der Waals surface area (Å²) in [5.74, 6) is 0.